The lowest BCUT2D eigenvalue weighted by molar-refractivity contribution is 0.0129. The summed E-state index contributed by atoms with van der Waals surface area (Å²) >= 11 is 0. The van der Waals surface area contributed by atoms with Crippen molar-refractivity contribution in [1.82, 2.24) is 14.5 Å². The Labute approximate surface area is 182 Å². The van der Waals surface area contributed by atoms with Crippen LogP contribution in [0.15, 0.2) is 48.8 Å². The normalized spacial score (nSPS) is 19.4. The van der Waals surface area contributed by atoms with E-state index < -0.39 is 6.09 Å². The van der Waals surface area contributed by atoms with Crippen LogP contribution in [-0.4, -0.2) is 51.5 Å². The van der Waals surface area contributed by atoms with Gasteiger partial charge in [0.1, 0.15) is 23.4 Å². The van der Waals surface area contributed by atoms with Crippen molar-refractivity contribution in [3.63, 3.8) is 0 Å². The van der Waals surface area contributed by atoms with Gasteiger partial charge in [-0.2, -0.15) is 0 Å². The number of hydrogen-bond donors (Lipinski definition) is 1. The van der Waals surface area contributed by atoms with Crippen LogP contribution in [0.3, 0.4) is 0 Å². The maximum Gasteiger partial charge on any atom is 0.407 e. The molecule has 3 heterocycles. The first kappa shape index (κ1) is 21.0. The van der Waals surface area contributed by atoms with Crippen molar-refractivity contribution in [2.24, 2.45) is 5.41 Å². The van der Waals surface area contributed by atoms with Crippen molar-refractivity contribution in [2.75, 3.05) is 13.7 Å². The summed E-state index contributed by atoms with van der Waals surface area (Å²) in [6.45, 7) is 6.70. The van der Waals surface area contributed by atoms with Gasteiger partial charge in [0.05, 0.1) is 18.8 Å². The zero-order valence-electron chi connectivity index (χ0n) is 18.4. The molecule has 1 aromatic carbocycles. The number of carboxylic acid groups (broad SMARTS) is 1. The minimum Gasteiger partial charge on any atom is -0.497 e. The molecule has 0 spiro atoms. The SMILES string of the molecule is COc1ccc2c(ccn2-c2ccc(OC3CCN(C(=O)O)C(C(C)(C)C)C3)cn2)c1. The van der Waals surface area contributed by atoms with Crippen LogP contribution >= 0.6 is 0 Å². The molecule has 1 N–H and O–H groups in total. The van der Waals surface area contributed by atoms with Gasteiger partial charge in [0.25, 0.3) is 0 Å². The summed E-state index contributed by atoms with van der Waals surface area (Å²) in [7, 11) is 1.66. The average Bonchev–Trinajstić information content (AvgIpc) is 3.16. The molecule has 1 aliphatic heterocycles. The van der Waals surface area contributed by atoms with Crippen molar-refractivity contribution in [2.45, 2.75) is 45.8 Å². The zero-order chi connectivity index (χ0) is 22.2. The molecular formula is C24H29N3O4. The van der Waals surface area contributed by atoms with Crippen molar-refractivity contribution in [3.05, 3.63) is 48.8 Å². The Hall–Kier alpha value is -3.22. The summed E-state index contributed by atoms with van der Waals surface area (Å²) in [5.74, 6) is 2.33. The Kier molecular flexibility index (Phi) is 5.52. The smallest absolute Gasteiger partial charge is 0.407 e. The Morgan fingerprint density at radius 1 is 1.16 bits per heavy atom. The largest absolute Gasteiger partial charge is 0.497 e. The molecule has 1 fully saturated rings. The quantitative estimate of drug-likeness (QED) is 0.641. The number of benzene rings is 1. The van der Waals surface area contributed by atoms with E-state index in [9.17, 15) is 9.90 Å². The number of methoxy groups -OCH3 is 1. The molecule has 3 aromatic rings. The van der Waals surface area contributed by atoms with E-state index in [1.165, 1.54) is 0 Å². The maximum atomic E-state index is 11.6. The number of hydrogen-bond acceptors (Lipinski definition) is 4. The van der Waals surface area contributed by atoms with Crippen LogP contribution in [0.5, 0.6) is 11.5 Å². The molecule has 0 bridgehead atoms. The third-order valence-corrected chi connectivity index (χ3v) is 5.97. The number of aromatic nitrogens is 2. The van der Waals surface area contributed by atoms with Gasteiger partial charge in [-0.25, -0.2) is 9.78 Å². The Morgan fingerprint density at radius 3 is 2.58 bits per heavy atom. The molecule has 31 heavy (non-hydrogen) atoms. The Bertz CT molecular complexity index is 1070. The fourth-order valence-electron chi connectivity index (χ4n) is 4.31. The van der Waals surface area contributed by atoms with Crippen molar-refractivity contribution in [1.29, 1.82) is 0 Å². The number of likely N-dealkylation sites (tertiary alicyclic amines) is 1. The topological polar surface area (TPSA) is 76.8 Å². The van der Waals surface area contributed by atoms with Gasteiger partial charge in [-0.15, -0.1) is 0 Å². The highest BCUT2D eigenvalue weighted by Gasteiger charge is 2.39. The Balaban J connectivity index is 1.49. The van der Waals surface area contributed by atoms with Gasteiger partial charge in [0, 0.05) is 37.0 Å². The highest BCUT2D eigenvalue weighted by atomic mass is 16.5. The molecule has 1 aliphatic rings. The fraction of sp³-hybridized carbons (Fsp3) is 0.417. The summed E-state index contributed by atoms with van der Waals surface area (Å²) in [4.78, 5) is 17.8. The number of fused-ring (bicyclic) bond motifs is 1. The van der Waals surface area contributed by atoms with Gasteiger partial charge in [-0.3, -0.25) is 0 Å². The molecule has 1 amide bonds. The number of carbonyl (C=O) groups is 1. The summed E-state index contributed by atoms with van der Waals surface area (Å²) in [6, 6.07) is 11.8. The summed E-state index contributed by atoms with van der Waals surface area (Å²) in [6.07, 6.45) is 4.17. The van der Waals surface area contributed by atoms with E-state index in [-0.39, 0.29) is 17.6 Å². The van der Waals surface area contributed by atoms with Crippen molar-refractivity contribution in [3.8, 4) is 17.3 Å². The number of nitrogens with zero attached hydrogens (tertiary/aromatic N) is 3. The molecule has 2 atom stereocenters. The first-order chi connectivity index (χ1) is 14.8. The van der Waals surface area contributed by atoms with Crippen LogP contribution in [-0.2, 0) is 0 Å². The molecule has 1 saturated heterocycles. The van der Waals surface area contributed by atoms with E-state index in [0.717, 1.165) is 22.5 Å². The summed E-state index contributed by atoms with van der Waals surface area (Å²) in [5, 5.41) is 10.6. The predicted octanol–water partition coefficient (Wildman–Crippen LogP) is 4.97. The molecule has 0 saturated carbocycles. The predicted molar refractivity (Wildman–Crippen MR) is 119 cm³/mol. The third-order valence-electron chi connectivity index (χ3n) is 5.97. The highest BCUT2D eigenvalue weighted by Crippen LogP contribution is 2.34. The number of ether oxygens (including phenoxy) is 2. The second-order valence-corrected chi connectivity index (χ2v) is 9.08. The molecule has 0 radical (unpaired) electrons. The van der Waals surface area contributed by atoms with Gasteiger partial charge in [-0.05, 0) is 41.8 Å². The average molecular weight is 424 g/mol. The van der Waals surface area contributed by atoms with E-state index in [2.05, 4.69) is 25.8 Å². The molecule has 7 nitrogen and oxygen atoms in total. The lowest BCUT2D eigenvalue weighted by Gasteiger charge is -2.44. The highest BCUT2D eigenvalue weighted by molar-refractivity contribution is 5.83. The van der Waals surface area contributed by atoms with Crippen LogP contribution in [0, 0.1) is 5.41 Å². The van der Waals surface area contributed by atoms with Gasteiger partial charge in [-0.1, -0.05) is 20.8 Å². The fourth-order valence-corrected chi connectivity index (χ4v) is 4.31. The first-order valence-corrected chi connectivity index (χ1v) is 10.5. The van der Waals surface area contributed by atoms with Gasteiger partial charge in [0.15, 0.2) is 0 Å². The Morgan fingerprint density at radius 2 is 1.94 bits per heavy atom. The van der Waals surface area contributed by atoms with Gasteiger partial charge < -0.3 is 24.0 Å². The minimum atomic E-state index is -0.860. The molecule has 2 unspecified atom stereocenters. The maximum absolute atomic E-state index is 11.6. The summed E-state index contributed by atoms with van der Waals surface area (Å²) in [5.41, 5.74) is 0.900. The number of pyridine rings is 1. The molecule has 2 aromatic heterocycles. The van der Waals surface area contributed by atoms with Crippen LogP contribution in [0.1, 0.15) is 33.6 Å². The second kappa shape index (κ2) is 8.13. The lowest BCUT2D eigenvalue weighted by atomic mass is 9.80. The van der Waals surface area contributed by atoms with Crippen LogP contribution in [0.25, 0.3) is 16.7 Å². The monoisotopic (exact) mass is 423 g/mol. The third kappa shape index (κ3) is 4.31. The summed E-state index contributed by atoms with van der Waals surface area (Å²) < 4.78 is 13.5. The molecule has 7 heteroatoms. The van der Waals surface area contributed by atoms with E-state index in [1.54, 1.807) is 18.2 Å². The van der Waals surface area contributed by atoms with Crippen LogP contribution < -0.4 is 9.47 Å². The number of amides is 1. The van der Waals surface area contributed by atoms with Crippen LogP contribution in [0.4, 0.5) is 4.79 Å². The van der Waals surface area contributed by atoms with Gasteiger partial charge >= 0.3 is 6.09 Å². The van der Waals surface area contributed by atoms with E-state index in [1.807, 2.05) is 47.2 Å². The van der Waals surface area contributed by atoms with Crippen LogP contribution in [0.2, 0.25) is 0 Å². The molecule has 4 rings (SSSR count). The first-order valence-electron chi connectivity index (χ1n) is 10.5. The van der Waals surface area contributed by atoms with E-state index >= 15 is 0 Å². The standard InChI is InChI=1S/C24H29N3O4/c1-24(2,3)21-14-18(10-12-27(21)23(28)29)31-19-6-8-22(25-15-19)26-11-9-16-13-17(30-4)5-7-20(16)26/h5-9,11,13,15,18,21H,10,12,14H2,1-4H3,(H,28,29). The molecular weight excluding hydrogens is 394 g/mol. The molecule has 0 aliphatic carbocycles. The van der Waals surface area contributed by atoms with Gasteiger partial charge in [0.2, 0.25) is 0 Å². The number of piperidine rings is 1. The lowest BCUT2D eigenvalue weighted by Crippen LogP contribution is -2.53. The number of rotatable bonds is 4. The van der Waals surface area contributed by atoms with E-state index in [4.69, 9.17) is 9.47 Å². The van der Waals surface area contributed by atoms with Crippen molar-refractivity contribution >= 4 is 17.0 Å². The van der Waals surface area contributed by atoms with E-state index in [0.29, 0.717) is 25.1 Å². The van der Waals surface area contributed by atoms with Crippen molar-refractivity contribution < 1.29 is 19.4 Å². The minimum absolute atomic E-state index is 0.0349. The second-order valence-electron chi connectivity index (χ2n) is 9.08. The zero-order valence-corrected chi connectivity index (χ0v) is 18.4. The molecule has 164 valence electrons.